The molecular weight excluding hydrogens is 192 g/mol. The lowest BCUT2D eigenvalue weighted by atomic mass is 9.79. The third kappa shape index (κ3) is 1.65. The summed E-state index contributed by atoms with van der Waals surface area (Å²) in [5.74, 6) is 1.52. The van der Waals surface area contributed by atoms with Crippen molar-refractivity contribution >= 4 is 0 Å². The van der Waals surface area contributed by atoms with Gasteiger partial charge < -0.3 is 0 Å². The number of fused-ring (bicyclic) bond motifs is 1. The Balaban J connectivity index is 2.05. The first-order valence-electron chi connectivity index (χ1n) is 5.95. The van der Waals surface area contributed by atoms with Gasteiger partial charge in [-0.25, -0.2) is 0 Å². The van der Waals surface area contributed by atoms with E-state index in [1.807, 2.05) is 0 Å². The van der Waals surface area contributed by atoms with Crippen molar-refractivity contribution in [2.24, 2.45) is 0 Å². The number of hydrogen-bond donors (Lipinski definition) is 0. The van der Waals surface area contributed by atoms with Crippen molar-refractivity contribution in [3.05, 3.63) is 77.2 Å². The van der Waals surface area contributed by atoms with E-state index in [0.29, 0.717) is 0 Å². The van der Waals surface area contributed by atoms with Gasteiger partial charge in [0.05, 0.1) is 0 Å². The van der Waals surface area contributed by atoms with Crippen LogP contribution in [0, 0.1) is 5.92 Å². The fourth-order valence-electron chi connectivity index (χ4n) is 2.56. The first-order chi connectivity index (χ1) is 7.95. The van der Waals surface area contributed by atoms with Gasteiger partial charge in [0.15, 0.2) is 0 Å². The number of aryl methyl sites for hydroxylation is 1. The molecule has 1 radical (unpaired) electrons. The number of benzene rings is 2. The smallest absolute Gasteiger partial charge is 0.0342 e. The molecule has 2 aromatic rings. The molecule has 0 aliphatic heterocycles. The molecular formula is C16H15. The van der Waals surface area contributed by atoms with E-state index in [-0.39, 0.29) is 0 Å². The Morgan fingerprint density at radius 1 is 0.688 bits per heavy atom. The summed E-state index contributed by atoms with van der Waals surface area (Å²) in [5.41, 5.74) is 4.35. The van der Waals surface area contributed by atoms with E-state index < -0.39 is 0 Å². The Morgan fingerprint density at radius 2 is 1.44 bits per heavy atom. The standard InChI is InChI=1S/C16H15/c1-2-7-13(8-3-1)16-12-6-10-14-9-4-5-11-15(14)16/h1-5,7-9,11H,6,10,12H2. The molecule has 0 heterocycles. The monoisotopic (exact) mass is 207 g/mol. The van der Waals surface area contributed by atoms with Crippen LogP contribution in [0.2, 0.25) is 0 Å². The first kappa shape index (κ1) is 9.65. The molecule has 0 N–H and O–H groups in total. The molecule has 1 aliphatic rings. The molecule has 0 unspecified atom stereocenters. The van der Waals surface area contributed by atoms with Crippen molar-refractivity contribution in [2.75, 3.05) is 0 Å². The van der Waals surface area contributed by atoms with Crippen LogP contribution < -0.4 is 0 Å². The molecule has 79 valence electrons. The minimum atomic E-state index is 1.21. The second-order valence-electron chi connectivity index (χ2n) is 4.36. The van der Waals surface area contributed by atoms with Crippen LogP contribution in [-0.2, 0) is 6.42 Å². The zero-order valence-electron chi connectivity index (χ0n) is 9.32. The average Bonchev–Trinajstić information content (AvgIpc) is 2.39. The molecule has 1 aliphatic carbocycles. The molecule has 2 aromatic carbocycles. The van der Waals surface area contributed by atoms with Gasteiger partial charge in [-0.1, -0.05) is 54.6 Å². The van der Waals surface area contributed by atoms with E-state index in [9.17, 15) is 0 Å². The molecule has 0 saturated carbocycles. The van der Waals surface area contributed by atoms with E-state index in [1.165, 1.54) is 41.9 Å². The Bertz CT molecular complexity index is 470. The molecule has 16 heavy (non-hydrogen) atoms. The van der Waals surface area contributed by atoms with E-state index in [4.69, 9.17) is 0 Å². The van der Waals surface area contributed by atoms with Gasteiger partial charge in [-0.05, 0) is 36.0 Å². The van der Waals surface area contributed by atoms with Gasteiger partial charge in [-0.15, -0.1) is 0 Å². The quantitative estimate of drug-likeness (QED) is 0.663. The summed E-state index contributed by atoms with van der Waals surface area (Å²) in [6.07, 6.45) is 3.72. The van der Waals surface area contributed by atoms with Crippen molar-refractivity contribution in [2.45, 2.75) is 19.3 Å². The first-order valence-corrected chi connectivity index (χ1v) is 5.95. The number of hydrogen-bond acceptors (Lipinski definition) is 0. The van der Waals surface area contributed by atoms with Gasteiger partial charge in [0, 0.05) is 5.92 Å². The van der Waals surface area contributed by atoms with Crippen molar-refractivity contribution in [3.63, 3.8) is 0 Å². The van der Waals surface area contributed by atoms with E-state index in [0.717, 1.165) is 0 Å². The van der Waals surface area contributed by atoms with Crippen LogP contribution in [0.1, 0.15) is 29.5 Å². The SMILES string of the molecule is c1ccc([C]2CCCc3ccccc32)cc1. The van der Waals surface area contributed by atoms with Crippen molar-refractivity contribution < 1.29 is 0 Å². The minimum Gasteiger partial charge on any atom is -0.0622 e. The lowest BCUT2D eigenvalue weighted by Crippen LogP contribution is -2.11. The predicted molar refractivity (Wildman–Crippen MR) is 67.3 cm³/mol. The highest BCUT2D eigenvalue weighted by molar-refractivity contribution is 5.50. The number of rotatable bonds is 1. The van der Waals surface area contributed by atoms with Crippen LogP contribution in [0.15, 0.2) is 54.6 Å². The summed E-state index contributed by atoms with van der Waals surface area (Å²) in [4.78, 5) is 0. The highest BCUT2D eigenvalue weighted by atomic mass is 14.2. The Hall–Kier alpha value is -1.56. The third-order valence-corrected chi connectivity index (χ3v) is 3.34. The molecule has 0 bridgehead atoms. The van der Waals surface area contributed by atoms with Crippen LogP contribution in [-0.4, -0.2) is 0 Å². The largest absolute Gasteiger partial charge is 0.0622 e. The topological polar surface area (TPSA) is 0 Å². The van der Waals surface area contributed by atoms with Gasteiger partial charge in [0.25, 0.3) is 0 Å². The van der Waals surface area contributed by atoms with Crippen molar-refractivity contribution in [1.82, 2.24) is 0 Å². The summed E-state index contributed by atoms with van der Waals surface area (Å²) in [6, 6.07) is 19.6. The predicted octanol–water partition coefficient (Wildman–Crippen LogP) is 3.99. The molecule has 0 aromatic heterocycles. The Morgan fingerprint density at radius 3 is 2.31 bits per heavy atom. The summed E-state index contributed by atoms with van der Waals surface area (Å²) >= 11 is 0. The third-order valence-electron chi connectivity index (χ3n) is 3.34. The lowest BCUT2D eigenvalue weighted by molar-refractivity contribution is 0.730. The fraction of sp³-hybridized carbons (Fsp3) is 0.188. The van der Waals surface area contributed by atoms with Crippen molar-refractivity contribution in [1.29, 1.82) is 0 Å². The summed E-state index contributed by atoms with van der Waals surface area (Å²) in [7, 11) is 0. The van der Waals surface area contributed by atoms with Gasteiger partial charge in [0.2, 0.25) is 0 Å². The highest BCUT2D eigenvalue weighted by Gasteiger charge is 2.21. The molecule has 0 heteroatoms. The molecule has 0 amide bonds. The summed E-state index contributed by atoms with van der Waals surface area (Å²) in [6.45, 7) is 0. The zero-order valence-corrected chi connectivity index (χ0v) is 9.32. The maximum Gasteiger partial charge on any atom is 0.0342 e. The van der Waals surface area contributed by atoms with E-state index in [2.05, 4.69) is 54.6 Å². The molecule has 0 saturated heterocycles. The van der Waals surface area contributed by atoms with Gasteiger partial charge in [-0.3, -0.25) is 0 Å². The summed E-state index contributed by atoms with van der Waals surface area (Å²) in [5, 5.41) is 0. The van der Waals surface area contributed by atoms with Gasteiger partial charge in [-0.2, -0.15) is 0 Å². The molecule has 0 spiro atoms. The van der Waals surface area contributed by atoms with E-state index >= 15 is 0 Å². The second kappa shape index (κ2) is 4.13. The molecule has 0 atom stereocenters. The van der Waals surface area contributed by atoms with Crippen molar-refractivity contribution in [3.8, 4) is 0 Å². The fourth-order valence-corrected chi connectivity index (χ4v) is 2.56. The van der Waals surface area contributed by atoms with Gasteiger partial charge >= 0.3 is 0 Å². The van der Waals surface area contributed by atoms with E-state index in [1.54, 1.807) is 0 Å². The lowest BCUT2D eigenvalue weighted by Gasteiger charge is -2.25. The van der Waals surface area contributed by atoms with Crippen LogP contribution >= 0.6 is 0 Å². The Kier molecular flexibility index (Phi) is 2.49. The second-order valence-corrected chi connectivity index (χ2v) is 4.36. The Labute approximate surface area is 96.9 Å². The normalized spacial score (nSPS) is 15.8. The average molecular weight is 207 g/mol. The minimum absolute atomic E-state index is 1.21. The summed E-state index contributed by atoms with van der Waals surface area (Å²) < 4.78 is 0. The maximum absolute atomic E-state index is 2.26. The highest BCUT2D eigenvalue weighted by Crippen LogP contribution is 2.35. The molecule has 0 nitrogen and oxygen atoms in total. The zero-order chi connectivity index (χ0) is 10.8. The molecule has 3 rings (SSSR count). The van der Waals surface area contributed by atoms with Crippen LogP contribution in [0.4, 0.5) is 0 Å². The van der Waals surface area contributed by atoms with Gasteiger partial charge in [0.1, 0.15) is 0 Å². The maximum atomic E-state index is 2.26. The molecule has 0 fully saturated rings. The van der Waals surface area contributed by atoms with Crippen LogP contribution in [0.25, 0.3) is 0 Å². The van der Waals surface area contributed by atoms with Crippen LogP contribution in [0.5, 0.6) is 0 Å². The van der Waals surface area contributed by atoms with Crippen LogP contribution in [0.3, 0.4) is 0 Å².